The zero-order valence-electron chi connectivity index (χ0n) is 10.1. The van der Waals surface area contributed by atoms with Crippen LogP contribution >= 0.6 is 27.3 Å². The molecule has 18 heavy (non-hydrogen) atoms. The van der Waals surface area contributed by atoms with Crippen LogP contribution in [-0.4, -0.2) is 5.91 Å². The van der Waals surface area contributed by atoms with Crippen molar-refractivity contribution in [3.05, 3.63) is 44.1 Å². The molecule has 0 aliphatic carbocycles. The molecule has 0 saturated carbocycles. The molecule has 0 aliphatic rings. The highest BCUT2D eigenvalue weighted by molar-refractivity contribution is 9.11. The Balaban J connectivity index is 2.24. The highest BCUT2D eigenvalue weighted by Crippen LogP contribution is 2.25. The number of carbonyl (C=O) groups excluding carboxylic acids is 1. The van der Waals surface area contributed by atoms with Crippen molar-refractivity contribution in [3.8, 4) is 0 Å². The summed E-state index contributed by atoms with van der Waals surface area (Å²) in [4.78, 5) is 12.0. The molecule has 0 fully saturated rings. The Morgan fingerprint density at radius 1 is 1.28 bits per heavy atom. The second-order valence-corrected chi connectivity index (χ2v) is 6.41. The number of halogens is 1. The minimum absolute atomic E-state index is 0.146. The van der Waals surface area contributed by atoms with E-state index < -0.39 is 0 Å². The zero-order valence-corrected chi connectivity index (χ0v) is 12.5. The van der Waals surface area contributed by atoms with E-state index in [1.54, 1.807) is 11.4 Å². The summed E-state index contributed by atoms with van der Waals surface area (Å²) in [6, 6.07) is 5.55. The quantitative estimate of drug-likeness (QED) is 0.821. The van der Waals surface area contributed by atoms with Crippen LogP contribution in [0.5, 0.6) is 0 Å². The number of nitrogens with one attached hydrogen (secondary N) is 1. The van der Waals surface area contributed by atoms with E-state index in [9.17, 15) is 4.79 Å². The molecule has 0 saturated heterocycles. The van der Waals surface area contributed by atoms with Crippen molar-refractivity contribution in [2.24, 2.45) is 0 Å². The lowest BCUT2D eigenvalue weighted by atomic mass is 10.1. The molecule has 0 aliphatic heterocycles. The number of nitrogen functional groups attached to an aromatic ring is 1. The Morgan fingerprint density at radius 2 is 1.94 bits per heavy atom. The summed E-state index contributed by atoms with van der Waals surface area (Å²) < 4.78 is 0.931. The molecule has 0 unspecified atom stereocenters. The third kappa shape index (κ3) is 2.73. The normalized spacial score (nSPS) is 10.4. The van der Waals surface area contributed by atoms with Gasteiger partial charge in [-0.25, -0.2) is 0 Å². The van der Waals surface area contributed by atoms with Gasteiger partial charge in [-0.05, 0) is 59.1 Å². The van der Waals surface area contributed by atoms with Gasteiger partial charge < -0.3 is 11.1 Å². The molecule has 3 nitrogen and oxygen atoms in total. The SMILES string of the molecule is Cc1cc(N)c(NC(=O)c2csc(Br)c2)cc1C. The Bertz CT molecular complexity index is 607. The van der Waals surface area contributed by atoms with Crippen LogP contribution in [0.4, 0.5) is 11.4 Å². The van der Waals surface area contributed by atoms with Crippen molar-refractivity contribution >= 4 is 44.5 Å². The molecule has 94 valence electrons. The van der Waals surface area contributed by atoms with E-state index in [1.165, 1.54) is 11.3 Å². The van der Waals surface area contributed by atoms with Crippen molar-refractivity contribution in [3.63, 3.8) is 0 Å². The van der Waals surface area contributed by atoms with Crippen LogP contribution in [0.3, 0.4) is 0 Å². The van der Waals surface area contributed by atoms with Crippen molar-refractivity contribution in [2.75, 3.05) is 11.1 Å². The average Bonchev–Trinajstić information content (AvgIpc) is 2.73. The van der Waals surface area contributed by atoms with Crippen LogP contribution in [-0.2, 0) is 0 Å². The monoisotopic (exact) mass is 324 g/mol. The summed E-state index contributed by atoms with van der Waals surface area (Å²) in [6.45, 7) is 3.99. The molecule has 0 atom stereocenters. The Morgan fingerprint density at radius 3 is 2.56 bits per heavy atom. The number of anilines is 2. The molecular formula is C13H13BrN2OS. The first kappa shape index (κ1) is 13.1. The third-order valence-electron chi connectivity index (χ3n) is 2.74. The summed E-state index contributed by atoms with van der Waals surface area (Å²) in [6.07, 6.45) is 0. The lowest BCUT2D eigenvalue weighted by molar-refractivity contribution is 0.102. The first-order valence-electron chi connectivity index (χ1n) is 5.39. The Labute approximate surface area is 118 Å². The number of hydrogen-bond donors (Lipinski definition) is 2. The van der Waals surface area contributed by atoms with E-state index in [0.717, 1.165) is 14.9 Å². The maximum atomic E-state index is 12.0. The second kappa shape index (κ2) is 5.12. The predicted octanol–water partition coefficient (Wildman–Crippen LogP) is 3.96. The smallest absolute Gasteiger partial charge is 0.256 e. The van der Waals surface area contributed by atoms with E-state index in [-0.39, 0.29) is 5.91 Å². The van der Waals surface area contributed by atoms with Gasteiger partial charge in [0.05, 0.1) is 20.7 Å². The first-order chi connectivity index (χ1) is 8.47. The second-order valence-electron chi connectivity index (χ2n) is 4.12. The van der Waals surface area contributed by atoms with Crippen LogP contribution in [0.15, 0.2) is 27.4 Å². The number of hydrogen-bond acceptors (Lipinski definition) is 3. The number of thiophene rings is 1. The molecule has 2 rings (SSSR count). The summed E-state index contributed by atoms with van der Waals surface area (Å²) >= 11 is 4.81. The van der Waals surface area contributed by atoms with Crippen molar-refractivity contribution < 1.29 is 4.79 Å². The maximum Gasteiger partial charge on any atom is 0.256 e. The largest absolute Gasteiger partial charge is 0.397 e. The van der Waals surface area contributed by atoms with Crippen molar-refractivity contribution in [2.45, 2.75) is 13.8 Å². The number of carbonyl (C=O) groups is 1. The molecule has 2 aromatic rings. The van der Waals surface area contributed by atoms with Crippen LogP contribution in [0, 0.1) is 13.8 Å². The van der Waals surface area contributed by atoms with Crippen molar-refractivity contribution in [1.29, 1.82) is 0 Å². The zero-order chi connectivity index (χ0) is 13.3. The molecule has 0 spiro atoms. The fourth-order valence-electron chi connectivity index (χ4n) is 1.57. The van der Waals surface area contributed by atoms with E-state index in [1.807, 2.05) is 26.0 Å². The summed E-state index contributed by atoms with van der Waals surface area (Å²) in [5.74, 6) is -0.146. The number of amides is 1. The molecule has 1 aromatic heterocycles. The summed E-state index contributed by atoms with van der Waals surface area (Å²) in [7, 11) is 0. The molecule has 0 bridgehead atoms. The first-order valence-corrected chi connectivity index (χ1v) is 7.06. The van der Waals surface area contributed by atoms with Crippen LogP contribution in [0.25, 0.3) is 0 Å². The molecule has 0 radical (unpaired) electrons. The number of rotatable bonds is 2. The van der Waals surface area contributed by atoms with E-state index in [0.29, 0.717) is 16.9 Å². The van der Waals surface area contributed by atoms with Gasteiger partial charge in [0.15, 0.2) is 0 Å². The Kier molecular flexibility index (Phi) is 3.73. The minimum Gasteiger partial charge on any atom is -0.397 e. The standard InChI is InChI=1S/C13H13BrN2OS/c1-7-3-10(15)11(4-8(7)2)16-13(17)9-5-12(14)18-6-9/h3-6H,15H2,1-2H3,(H,16,17). The highest BCUT2D eigenvalue weighted by atomic mass is 79.9. The fourth-order valence-corrected chi connectivity index (χ4v) is 2.71. The Hall–Kier alpha value is -1.33. The molecule has 5 heteroatoms. The fraction of sp³-hybridized carbons (Fsp3) is 0.154. The van der Waals surface area contributed by atoms with Gasteiger partial charge in [0.2, 0.25) is 0 Å². The highest BCUT2D eigenvalue weighted by Gasteiger charge is 2.10. The predicted molar refractivity (Wildman–Crippen MR) is 80.3 cm³/mol. The van der Waals surface area contributed by atoms with Crippen LogP contribution in [0.1, 0.15) is 21.5 Å². The van der Waals surface area contributed by atoms with Crippen LogP contribution < -0.4 is 11.1 Å². The van der Waals surface area contributed by atoms with Gasteiger partial charge in [-0.3, -0.25) is 4.79 Å². The van der Waals surface area contributed by atoms with Gasteiger partial charge >= 0.3 is 0 Å². The summed E-state index contributed by atoms with van der Waals surface area (Å²) in [5.41, 5.74) is 9.99. The van der Waals surface area contributed by atoms with Gasteiger partial charge in [-0.15, -0.1) is 11.3 Å². The van der Waals surface area contributed by atoms with Gasteiger partial charge in [0, 0.05) is 5.38 Å². The lowest BCUT2D eigenvalue weighted by Gasteiger charge is -2.10. The van der Waals surface area contributed by atoms with Gasteiger partial charge in [0.1, 0.15) is 0 Å². The molecule has 1 aromatic carbocycles. The molecular weight excluding hydrogens is 312 g/mol. The number of benzene rings is 1. The summed E-state index contributed by atoms with van der Waals surface area (Å²) in [5, 5.41) is 4.63. The average molecular weight is 325 g/mol. The third-order valence-corrected chi connectivity index (χ3v) is 4.25. The molecule has 3 N–H and O–H groups in total. The van der Waals surface area contributed by atoms with Gasteiger partial charge in [-0.1, -0.05) is 0 Å². The van der Waals surface area contributed by atoms with E-state index in [2.05, 4.69) is 21.2 Å². The van der Waals surface area contributed by atoms with E-state index >= 15 is 0 Å². The van der Waals surface area contributed by atoms with Gasteiger partial charge in [0.25, 0.3) is 5.91 Å². The van der Waals surface area contributed by atoms with Gasteiger partial charge in [-0.2, -0.15) is 0 Å². The maximum absolute atomic E-state index is 12.0. The number of nitrogens with two attached hydrogens (primary N) is 1. The number of aryl methyl sites for hydroxylation is 2. The van der Waals surface area contributed by atoms with E-state index in [4.69, 9.17) is 5.73 Å². The van der Waals surface area contributed by atoms with Crippen molar-refractivity contribution in [1.82, 2.24) is 0 Å². The molecule has 1 amide bonds. The topological polar surface area (TPSA) is 55.1 Å². The van der Waals surface area contributed by atoms with Crippen LogP contribution in [0.2, 0.25) is 0 Å². The minimum atomic E-state index is -0.146. The lowest BCUT2D eigenvalue weighted by Crippen LogP contribution is -2.12. The molecule has 1 heterocycles.